The summed E-state index contributed by atoms with van der Waals surface area (Å²) in [6.45, 7) is 0. The van der Waals surface area contributed by atoms with Crippen molar-refractivity contribution in [3.63, 3.8) is 0 Å². The molecular formula is C8H10N2O2S2. The Bertz CT molecular complexity index is 257. The lowest BCUT2D eigenvalue weighted by atomic mass is 10.2. The van der Waals surface area contributed by atoms with Crippen LogP contribution >= 0.6 is 23.5 Å². The molecule has 0 aromatic carbocycles. The maximum atomic E-state index is 11.1. The number of methoxy groups -OCH3 is 1. The predicted octanol–water partition coefficient (Wildman–Crippen LogP) is 1.74. The molecule has 0 spiro atoms. The zero-order valence-corrected chi connectivity index (χ0v) is 9.36. The molecule has 0 aromatic rings. The summed E-state index contributed by atoms with van der Waals surface area (Å²) < 4.78 is 4.54. The Morgan fingerprint density at radius 3 is 2.71 bits per heavy atom. The summed E-state index contributed by atoms with van der Waals surface area (Å²) in [7, 11) is 1.30. The van der Waals surface area contributed by atoms with Gasteiger partial charge in [-0.15, -0.1) is 0 Å². The Hall–Kier alpha value is -0.850. The third kappa shape index (κ3) is 5.74. The van der Waals surface area contributed by atoms with Crippen molar-refractivity contribution < 1.29 is 9.53 Å². The zero-order valence-electron chi connectivity index (χ0n) is 7.73. The summed E-state index contributed by atoms with van der Waals surface area (Å²) in [4.78, 5) is 11.1. The Balaban J connectivity index is 3.81. The molecule has 0 N–H and O–H groups in total. The van der Waals surface area contributed by atoms with Crippen LogP contribution in [0.1, 0.15) is 12.8 Å². The summed E-state index contributed by atoms with van der Waals surface area (Å²) >= 11 is 2.05. The largest absolute Gasteiger partial charge is 0.468 e. The summed E-state index contributed by atoms with van der Waals surface area (Å²) in [6.07, 6.45) is 1.30. The molecule has 0 amide bonds. The van der Waals surface area contributed by atoms with Crippen LogP contribution in [0.2, 0.25) is 0 Å². The molecule has 0 fully saturated rings. The first-order valence-electron chi connectivity index (χ1n) is 3.89. The van der Waals surface area contributed by atoms with Gasteiger partial charge in [0.2, 0.25) is 0 Å². The minimum atomic E-state index is -0.427. The van der Waals surface area contributed by atoms with Crippen LogP contribution in [0.25, 0.3) is 0 Å². The van der Waals surface area contributed by atoms with Gasteiger partial charge in [0.1, 0.15) is 16.1 Å². The lowest BCUT2D eigenvalue weighted by molar-refractivity contribution is -0.140. The van der Waals surface area contributed by atoms with E-state index in [0.717, 1.165) is 29.9 Å². The highest BCUT2D eigenvalue weighted by Gasteiger charge is 2.19. The van der Waals surface area contributed by atoms with Gasteiger partial charge in [0.25, 0.3) is 0 Å². The highest BCUT2D eigenvalue weighted by Crippen LogP contribution is 2.17. The van der Waals surface area contributed by atoms with E-state index in [1.54, 1.807) is 0 Å². The van der Waals surface area contributed by atoms with Crippen LogP contribution in [-0.4, -0.2) is 24.1 Å². The van der Waals surface area contributed by atoms with Crippen LogP contribution in [0.15, 0.2) is 0 Å². The summed E-state index contributed by atoms with van der Waals surface area (Å²) in [5, 5.41) is 20.1. The second-order valence-corrected chi connectivity index (χ2v) is 4.17. The third-order valence-electron chi connectivity index (χ3n) is 1.44. The van der Waals surface area contributed by atoms with Crippen molar-refractivity contribution >= 4 is 29.5 Å². The molecule has 0 rings (SSSR count). The molecule has 4 nitrogen and oxygen atoms in total. The van der Waals surface area contributed by atoms with Crippen LogP contribution in [-0.2, 0) is 9.53 Å². The topological polar surface area (TPSA) is 73.9 Å². The number of rotatable bonds is 6. The number of nitriles is 2. The molecule has 0 saturated carbocycles. The van der Waals surface area contributed by atoms with E-state index in [-0.39, 0.29) is 5.97 Å². The molecule has 6 heteroatoms. The molecule has 0 bridgehead atoms. The fraction of sp³-hybridized carbons (Fsp3) is 0.625. The number of nitrogens with zero attached hydrogens (tertiary/aromatic N) is 2. The van der Waals surface area contributed by atoms with Gasteiger partial charge in [0.05, 0.1) is 7.11 Å². The number of thioether (sulfide) groups is 2. The van der Waals surface area contributed by atoms with Gasteiger partial charge >= 0.3 is 5.97 Å². The quantitative estimate of drug-likeness (QED) is 0.393. The number of hydrogen-bond donors (Lipinski definition) is 0. The summed E-state index contributed by atoms with van der Waals surface area (Å²) in [5.74, 6) is 0.300. The number of ether oxygens (including phenoxy) is 1. The Kier molecular flexibility index (Phi) is 8.20. The van der Waals surface area contributed by atoms with Crippen molar-refractivity contribution in [2.24, 2.45) is 0 Å². The number of esters is 1. The molecule has 0 aliphatic rings. The maximum absolute atomic E-state index is 11.1. The smallest absolute Gasteiger partial charge is 0.319 e. The van der Waals surface area contributed by atoms with E-state index in [9.17, 15) is 4.79 Å². The normalized spacial score (nSPS) is 11.1. The third-order valence-corrected chi connectivity index (χ3v) is 2.88. The monoisotopic (exact) mass is 230 g/mol. The van der Waals surface area contributed by atoms with E-state index in [1.807, 2.05) is 10.8 Å². The highest BCUT2D eigenvalue weighted by atomic mass is 32.2. The van der Waals surface area contributed by atoms with Crippen molar-refractivity contribution in [3.8, 4) is 10.8 Å². The second kappa shape index (κ2) is 8.74. The minimum absolute atomic E-state index is 0.376. The Morgan fingerprint density at radius 1 is 1.50 bits per heavy atom. The van der Waals surface area contributed by atoms with Crippen LogP contribution < -0.4 is 0 Å². The van der Waals surface area contributed by atoms with Crippen molar-refractivity contribution in [2.75, 3.05) is 12.9 Å². The van der Waals surface area contributed by atoms with Gasteiger partial charge in [-0.3, -0.25) is 4.79 Å². The van der Waals surface area contributed by atoms with E-state index in [4.69, 9.17) is 10.5 Å². The Morgan fingerprint density at radius 2 is 2.21 bits per heavy atom. The van der Waals surface area contributed by atoms with Gasteiger partial charge in [-0.2, -0.15) is 10.5 Å². The molecule has 14 heavy (non-hydrogen) atoms. The van der Waals surface area contributed by atoms with E-state index >= 15 is 0 Å². The van der Waals surface area contributed by atoms with Gasteiger partial charge in [-0.25, -0.2) is 0 Å². The molecule has 0 heterocycles. The van der Waals surface area contributed by atoms with Gasteiger partial charge in [-0.1, -0.05) is 0 Å². The first-order chi connectivity index (χ1) is 6.76. The minimum Gasteiger partial charge on any atom is -0.468 e. The number of carbonyl (C=O) groups excluding carboxylic acids is 1. The van der Waals surface area contributed by atoms with Crippen LogP contribution in [0.3, 0.4) is 0 Å². The predicted molar refractivity (Wildman–Crippen MR) is 56.3 cm³/mol. The lowest BCUT2D eigenvalue weighted by Gasteiger charge is -2.08. The molecule has 0 aromatic heterocycles. The SMILES string of the molecule is COC(=O)C(CCCSC#N)SC#N. The zero-order chi connectivity index (χ0) is 10.8. The molecule has 76 valence electrons. The summed E-state index contributed by atoms with van der Waals surface area (Å²) in [5.41, 5.74) is 0. The van der Waals surface area contributed by atoms with Gasteiger partial charge in [0.15, 0.2) is 0 Å². The number of hydrogen-bond acceptors (Lipinski definition) is 6. The van der Waals surface area contributed by atoms with Crippen molar-refractivity contribution in [1.29, 1.82) is 10.5 Å². The van der Waals surface area contributed by atoms with Crippen LogP contribution in [0.4, 0.5) is 0 Å². The van der Waals surface area contributed by atoms with Crippen molar-refractivity contribution in [1.82, 2.24) is 0 Å². The first-order valence-corrected chi connectivity index (χ1v) is 5.76. The van der Waals surface area contributed by atoms with Gasteiger partial charge in [-0.05, 0) is 36.4 Å². The molecule has 0 aliphatic carbocycles. The van der Waals surface area contributed by atoms with Crippen molar-refractivity contribution in [3.05, 3.63) is 0 Å². The van der Waals surface area contributed by atoms with Crippen LogP contribution in [0, 0.1) is 21.3 Å². The fourth-order valence-corrected chi connectivity index (χ4v) is 1.81. The van der Waals surface area contributed by atoms with E-state index in [0.29, 0.717) is 12.2 Å². The average molecular weight is 230 g/mol. The number of carbonyl (C=O) groups is 1. The molecule has 1 atom stereocenters. The molecule has 0 radical (unpaired) electrons. The molecule has 1 unspecified atom stereocenters. The van der Waals surface area contributed by atoms with Crippen molar-refractivity contribution in [2.45, 2.75) is 18.1 Å². The second-order valence-electron chi connectivity index (χ2n) is 2.30. The van der Waals surface area contributed by atoms with Crippen LogP contribution in [0.5, 0.6) is 0 Å². The van der Waals surface area contributed by atoms with E-state index in [2.05, 4.69) is 4.74 Å². The first kappa shape index (κ1) is 13.2. The maximum Gasteiger partial charge on any atom is 0.319 e. The fourth-order valence-electron chi connectivity index (χ4n) is 0.806. The summed E-state index contributed by atoms with van der Waals surface area (Å²) in [6, 6.07) is 0. The van der Waals surface area contributed by atoms with Gasteiger partial charge < -0.3 is 4.74 Å². The average Bonchev–Trinajstić information content (AvgIpc) is 2.21. The molecule has 0 saturated heterocycles. The van der Waals surface area contributed by atoms with E-state index in [1.165, 1.54) is 7.11 Å². The lowest BCUT2D eigenvalue weighted by Crippen LogP contribution is -2.18. The Labute approximate surface area is 91.6 Å². The molecular weight excluding hydrogens is 220 g/mol. The highest BCUT2D eigenvalue weighted by molar-refractivity contribution is 8.05. The van der Waals surface area contributed by atoms with Gasteiger partial charge in [0, 0.05) is 5.75 Å². The molecule has 0 aliphatic heterocycles. The van der Waals surface area contributed by atoms with E-state index < -0.39 is 5.25 Å². The number of thiocyanates is 2. The standard InChI is InChI=1S/C8H10N2O2S2/c1-12-8(11)7(14-6-10)3-2-4-13-5-9/h7H,2-4H2,1H3.